The highest BCUT2D eigenvalue weighted by Crippen LogP contribution is 2.09. The summed E-state index contributed by atoms with van der Waals surface area (Å²) >= 11 is 0. The Bertz CT molecular complexity index is 475. The second-order valence-corrected chi connectivity index (χ2v) is 4.93. The summed E-state index contributed by atoms with van der Waals surface area (Å²) in [5, 5.41) is 0. The van der Waals surface area contributed by atoms with Crippen molar-refractivity contribution in [3.8, 4) is 12.5 Å². The molecule has 1 aliphatic rings. The maximum Gasteiger partial charge on any atom is 0.265 e. The van der Waals surface area contributed by atoms with Gasteiger partial charge in [0.05, 0.1) is 19.3 Å². The van der Waals surface area contributed by atoms with Crippen LogP contribution in [0.3, 0.4) is 0 Å². The van der Waals surface area contributed by atoms with Gasteiger partial charge in [-0.2, -0.15) is 0 Å². The number of terminal acetylenes is 1. The lowest BCUT2D eigenvalue weighted by Crippen LogP contribution is -2.46. The third-order valence-electron chi connectivity index (χ3n) is 3.45. The summed E-state index contributed by atoms with van der Waals surface area (Å²) in [5.74, 6) is -0.117. The molecule has 1 saturated heterocycles. The molecule has 1 unspecified atom stereocenters. The molecule has 2 rings (SSSR count). The summed E-state index contributed by atoms with van der Waals surface area (Å²) < 4.78 is 5.32. The van der Waals surface area contributed by atoms with E-state index in [9.17, 15) is 4.79 Å². The molecule has 4 nitrogen and oxygen atoms in total. The summed E-state index contributed by atoms with van der Waals surface area (Å²) in [4.78, 5) is 16.2. The molecular weight excluding hydrogens is 252 g/mol. The van der Waals surface area contributed by atoms with Gasteiger partial charge in [-0.1, -0.05) is 24.6 Å². The van der Waals surface area contributed by atoms with Crippen molar-refractivity contribution in [1.82, 2.24) is 9.80 Å². The van der Waals surface area contributed by atoms with E-state index in [4.69, 9.17) is 11.2 Å². The lowest BCUT2D eigenvalue weighted by atomic mass is 10.1. The van der Waals surface area contributed by atoms with Crippen LogP contribution >= 0.6 is 0 Å². The van der Waals surface area contributed by atoms with Crippen LogP contribution in [0.4, 0.5) is 0 Å². The first-order valence-corrected chi connectivity index (χ1v) is 6.87. The number of hydrogen-bond donors (Lipinski definition) is 0. The first-order chi connectivity index (χ1) is 9.72. The number of hydrogen-bond acceptors (Lipinski definition) is 3. The number of carbonyl (C=O) groups excluding carboxylic acids is 1. The quantitative estimate of drug-likeness (QED) is 0.614. The Kier molecular flexibility index (Phi) is 5.16. The Hall–Kier alpha value is -1.83. The van der Waals surface area contributed by atoms with Gasteiger partial charge in [0.25, 0.3) is 5.91 Å². The van der Waals surface area contributed by atoms with Crippen molar-refractivity contribution in [2.45, 2.75) is 13.0 Å². The zero-order valence-corrected chi connectivity index (χ0v) is 11.8. The fourth-order valence-electron chi connectivity index (χ4n) is 2.34. The van der Waals surface area contributed by atoms with E-state index in [1.807, 2.05) is 25.1 Å². The van der Waals surface area contributed by atoms with Crippen molar-refractivity contribution < 1.29 is 9.53 Å². The predicted octanol–water partition coefficient (Wildman–Crippen LogP) is 1.44. The molecule has 0 N–H and O–H groups in total. The topological polar surface area (TPSA) is 32.8 Å². The summed E-state index contributed by atoms with van der Waals surface area (Å²) in [6, 6.07) is 11.6. The van der Waals surface area contributed by atoms with Gasteiger partial charge in [-0.05, 0) is 19.1 Å². The normalized spacial score (nSPS) is 17.2. The summed E-state index contributed by atoms with van der Waals surface area (Å²) in [6.45, 7) is 6.03. The van der Waals surface area contributed by atoms with Crippen LogP contribution in [0.1, 0.15) is 17.3 Å². The minimum absolute atomic E-state index is 0.0224. The van der Waals surface area contributed by atoms with Crippen LogP contribution < -0.4 is 0 Å². The van der Waals surface area contributed by atoms with E-state index in [2.05, 4.69) is 10.9 Å². The molecule has 0 aliphatic carbocycles. The van der Waals surface area contributed by atoms with Gasteiger partial charge in [0.15, 0.2) is 0 Å². The van der Waals surface area contributed by atoms with Crippen LogP contribution in [0.15, 0.2) is 30.3 Å². The average Bonchev–Trinajstić information content (AvgIpc) is 2.49. The zero-order valence-electron chi connectivity index (χ0n) is 11.8. The maximum absolute atomic E-state index is 12.4. The molecule has 0 bridgehead atoms. The molecule has 1 aromatic rings. The Morgan fingerprint density at radius 1 is 1.40 bits per heavy atom. The standard InChI is InChI=1S/C16H20N2O2/c1-3-18(16(19)15-7-5-4-6-8-15)14(2)13-17-9-11-20-12-10-17/h1,4-8,14H,9-13H2,2H3. The molecule has 106 valence electrons. The summed E-state index contributed by atoms with van der Waals surface area (Å²) in [7, 11) is 0. The third kappa shape index (κ3) is 3.60. The minimum Gasteiger partial charge on any atom is -0.379 e. The molecule has 1 amide bonds. The highest BCUT2D eigenvalue weighted by molar-refractivity contribution is 5.95. The van der Waals surface area contributed by atoms with Crippen molar-refractivity contribution in [2.24, 2.45) is 0 Å². The van der Waals surface area contributed by atoms with Gasteiger partial charge in [0, 0.05) is 31.2 Å². The predicted molar refractivity (Wildman–Crippen MR) is 78.2 cm³/mol. The fourth-order valence-corrected chi connectivity index (χ4v) is 2.34. The second kappa shape index (κ2) is 7.09. The number of morpholine rings is 1. The smallest absolute Gasteiger partial charge is 0.265 e. The number of carbonyl (C=O) groups is 1. The number of benzene rings is 1. The molecule has 1 atom stereocenters. The highest BCUT2D eigenvalue weighted by Gasteiger charge is 2.22. The van der Waals surface area contributed by atoms with Gasteiger partial charge in [-0.25, -0.2) is 0 Å². The number of ether oxygens (including phenoxy) is 1. The molecule has 1 aliphatic heterocycles. The van der Waals surface area contributed by atoms with Gasteiger partial charge in [0.2, 0.25) is 0 Å². The van der Waals surface area contributed by atoms with Crippen LogP contribution in [0.5, 0.6) is 0 Å². The minimum atomic E-state index is -0.117. The molecule has 20 heavy (non-hydrogen) atoms. The molecule has 4 heteroatoms. The van der Waals surface area contributed by atoms with E-state index in [0.717, 1.165) is 32.8 Å². The molecular formula is C16H20N2O2. The largest absolute Gasteiger partial charge is 0.379 e. The first kappa shape index (κ1) is 14.6. The van der Waals surface area contributed by atoms with Gasteiger partial charge < -0.3 is 4.74 Å². The number of rotatable bonds is 4. The fraction of sp³-hybridized carbons (Fsp3) is 0.438. The van der Waals surface area contributed by atoms with E-state index in [1.165, 1.54) is 4.90 Å². The van der Waals surface area contributed by atoms with Gasteiger partial charge in [0.1, 0.15) is 0 Å². The van der Waals surface area contributed by atoms with Crippen LogP contribution in [0, 0.1) is 12.5 Å². The number of nitrogens with zero attached hydrogens (tertiary/aromatic N) is 2. The monoisotopic (exact) mass is 272 g/mol. The molecule has 0 spiro atoms. The molecule has 1 aromatic carbocycles. The Balaban J connectivity index is 2.00. The maximum atomic E-state index is 12.4. The van der Waals surface area contributed by atoms with Gasteiger partial charge in [-0.3, -0.25) is 14.6 Å². The van der Waals surface area contributed by atoms with Crippen LogP contribution in [-0.2, 0) is 4.74 Å². The highest BCUT2D eigenvalue weighted by atomic mass is 16.5. The average molecular weight is 272 g/mol. The van der Waals surface area contributed by atoms with Crippen LogP contribution in [0.25, 0.3) is 0 Å². The van der Waals surface area contributed by atoms with Crippen molar-refractivity contribution in [2.75, 3.05) is 32.8 Å². The van der Waals surface area contributed by atoms with E-state index in [1.54, 1.807) is 12.1 Å². The third-order valence-corrected chi connectivity index (χ3v) is 3.45. The van der Waals surface area contributed by atoms with Crippen molar-refractivity contribution in [3.63, 3.8) is 0 Å². The van der Waals surface area contributed by atoms with Crippen molar-refractivity contribution in [3.05, 3.63) is 35.9 Å². The molecule has 1 fully saturated rings. The Morgan fingerprint density at radius 3 is 2.65 bits per heavy atom. The lowest BCUT2D eigenvalue weighted by molar-refractivity contribution is 0.0285. The van der Waals surface area contributed by atoms with Crippen molar-refractivity contribution in [1.29, 1.82) is 0 Å². The Labute approximate surface area is 120 Å². The summed E-state index contributed by atoms with van der Waals surface area (Å²) in [5.41, 5.74) is 0.624. The molecule has 0 radical (unpaired) electrons. The first-order valence-electron chi connectivity index (χ1n) is 6.87. The summed E-state index contributed by atoms with van der Waals surface area (Å²) in [6.07, 6.45) is 5.53. The van der Waals surface area contributed by atoms with Crippen LogP contribution in [-0.4, -0.2) is 54.6 Å². The SMILES string of the molecule is C#CN(C(=O)c1ccccc1)C(C)CN1CCOCC1. The van der Waals surface area contributed by atoms with Crippen LogP contribution in [0.2, 0.25) is 0 Å². The van der Waals surface area contributed by atoms with Gasteiger partial charge in [-0.15, -0.1) is 0 Å². The lowest BCUT2D eigenvalue weighted by Gasteiger charge is -2.32. The van der Waals surface area contributed by atoms with Gasteiger partial charge >= 0.3 is 0 Å². The van der Waals surface area contributed by atoms with Crippen molar-refractivity contribution >= 4 is 5.91 Å². The van der Waals surface area contributed by atoms with E-state index >= 15 is 0 Å². The molecule has 0 saturated carbocycles. The zero-order chi connectivity index (χ0) is 14.4. The second-order valence-electron chi connectivity index (χ2n) is 4.93. The van der Waals surface area contributed by atoms with E-state index < -0.39 is 0 Å². The molecule has 0 aromatic heterocycles. The Morgan fingerprint density at radius 2 is 2.05 bits per heavy atom. The van der Waals surface area contributed by atoms with E-state index in [0.29, 0.717) is 5.56 Å². The molecule has 1 heterocycles. The van der Waals surface area contributed by atoms with E-state index in [-0.39, 0.29) is 11.9 Å². The number of amides is 1.